The molecule has 0 saturated heterocycles. The van der Waals surface area contributed by atoms with Crippen molar-refractivity contribution in [3.05, 3.63) is 0 Å². The van der Waals surface area contributed by atoms with Crippen molar-refractivity contribution in [3.8, 4) is 0 Å². The Labute approximate surface area is 277 Å². The minimum absolute atomic E-state index is 0.522. The fourth-order valence-electron chi connectivity index (χ4n) is 8.14. The predicted molar refractivity (Wildman–Crippen MR) is 202 cm³/mol. The van der Waals surface area contributed by atoms with Crippen molar-refractivity contribution in [2.45, 2.75) is 209 Å². The Morgan fingerprint density at radius 1 is 0.465 bits per heavy atom. The number of rotatable bonds is 14. The molecule has 2 rings (SSSR count). The molecule has 0 heterocycles. The second-order valence-electron chi connectivity index (χ2n) is 19.1. The van der Waals surface area contributed by atoms with Crippen LogP contribution in [0.5, 0.6) is 0 Å². The van der Waals surface area contributed by atoms with Gasteiger partial charge in [-0.15, -0.1) is 0 Å². The minimum Gasteiger partial charge on any atom is -0.0648 e. The summed E-state index contributed by atoms with van der Waals surface area (Å²) < 4.78 is 0. The van der Waals surface area contributed by atoms with Crippen LogP contribution in [0.15, 0.2) is 0 Å². The van der Waals surface area contributed by atoms with Gasteiger partial charge < -0.3 is 0 Å². The molecule has 0 aromatic heterocycles. The van der Waals surface area contributed by atoms with Crippen LogP contribution >= 0.6 is 0 Å². The first-order valence-corrected chi connectivity index (χ1v) is 19.5. The molecule has 0 radical (unpaired) electrons. The SMILES string of the molecule is CC(C)CC(C)(C)C(C)C.CC(C)CC1(C(C)C)CC1.CC(C)CC1(C(C)C)CCC1.CCC(CC)(CC(C)C)C(C)C. The summed E-state index contributed by atoms with van der Waals surface area (Å²) in [5.74, 6) is 6.89. The normalized spacial score (nSPS) is 17.6. The van der Waals surface area contributed by atoms with E-state index in [4.69, 9.17) is 0 Å². The van der Waals surface area contributed by atoms with Gasteiger partial charge in [-0.05, 0) is 120 Å². The van der Waals surface area contributed by atoms with Crippen LogP contribution in [-0.2, 0) is 0 Å². The van der Waals surface area contributed by atoms with Crippen LogP contribution < -0.4 is 0 Å². The highest BCUT2D eigenvalue weighted by molar-refractivity contribution is 4.95. The van der Waals surface area contributed by atoms with Crippen LogP contribution in [0, 0.1) is 69.0 Å². The van der Waals surface area contributed by atoms with Crippen LogP contribution in [-0.4, -0.2) is 0 Å². The van der Waals surface area contributed by atoms with Gasteiger partial charge in [0, 0.05) is 0 Å². The standard InChI is InChI=1S/C12H26.C11H22.C10H20.C10H22/c1-7-12(8-2,11(5)6)9-10(3)4;1-9(2)8-11(10(3)4)6-5-7-11;1-8(2)7-10(5-6-10)9(3)4;1-8(2)7-10(5,6)9(3)4/h10-11H,7-9H2,1-6H3;9-10H,5-8H2,1-4H3;8-9H,5-7H2,1-4H3;8-9H,7H2,1-6H3. The van der Waals surface area contributed by atoms with Crippen molar-refractivity contribution in [1.82, 2.24) is 0 Å². The molecule has 2 aliphatic rings. The lowest BCUT2D eigenvalue weighted by Crippen LogP contribution is -2.36. The van der Waals surface area contributed by atoms with Gasteiger partial charge in [-0.1, -0.05) is 158 Å². The highest BCUT2D eigenvalue weighted by Gasteiger charge is 2.45. The molecule has 0 nitrogen and oxygen atoms in total. The topological polar surface area (TPSA) is 0 Å². The molecule has 43 heavy (non-hydrogen) atoms. The molecule has 2 saturated carbocycles. The lowest BCUT2D eigenvalue weighted by Gasteiger charge is -2.47. The maximum absolute atomic E-state index is 2.39. The van der Waals surface area contributed by atoms with E-state index in [2.05, 4.69) is 138 Å². The van der Waals surface area contributed by atoms with Crippen molar-refractivity contribution < 1.29 is 0 Å². The molecule has 0 unspecified atom stereocenters. The van der Waals surface area contributed by atoms with Crippen molar-refractivity contribution in [2.24, 2.45) is 69.0 Å². The molecule has 0 spiro atoms. The van der Waals surface area contributed by atoms with E-state index in [1.165, 1.54) is 70.6 Å². The smallest absolute Gasteiger partial charge is 0.0272 e. The minimum atomic E-state index is 0.522. The first-order valence-electron chi connectivity index (χ1n) is 19.5. The summed E-state index contributed by atoms with van der Waals surface area (Å²) in [7, 11) is 0. The van der Waals surface area contributed by atoms with Gasteiger partial charge in [0.2, 0.25) is 0 Å². The van der Waals surface area contributed by atoms with Crippen molar-refractivity contribution >= 4 is 0 Å². The highest BCUT2D eigenvalue weighted by Crippen LogP contribution is 2.56. The summed E-state index contributed by atoms with van der Waals surface area (Å²) in [6, 6.07) is 0. The molecule has 2 aliphatic carbocycles. The van der Waals surface area contributed by atoms with Gasteiger partial charge in [-0.25, -0.2) is 0 Å². The molecule has 0 aromatic carbocycles. The van der Waals surface area contributed by atoms with Gasteiger partial charge in [0.1, 0.15) is 0 Å². The van der Waals surface area contributed by atoms with E-state index < -0.39 is 0 Å². The van der Waals surface area contributed by atoms with E-state index in [0.29, 0.717) is 10.8 Å². The Hall–Kier alpha value is 0. The third-order valence-corrected chi connectivity index (χ3v) is 12.3. The summed E-state index contributed by atoms with van der Waals surface area (Å²) in [4.78, 5) is 0. The average Bonchev–Trinajstić information content (AvgIpc) is 3.60. The predicted octanol–water partition coefficient (Wildman–Crippen LogP) is 15.5. The Bertz CT molecular complexity index is 640. The molecule has 0 atom stereocenters. The third kappa shape index (κ3) is 16.9. The highest BCUT2D eigenvalue weighted by atomic mass is 14.5. The zero-order valence-electron chi connectivity index (χ0n) is 34.4. The van der Waals surface area contributed by atoms with E-state index in [1.54, 1.807) is 0 Å². The Kier molecular flexibility index (Phi) is 21.3. The molecule has 2 fully saturated rings. The van der Waals surface area contributed by atoms with Crippen LogP contribution in [0.2, 0.25) is 0 Å². The van der Waals surface area contributed by atoms with E-state index in [0.717, 1.165) is 58.2 Å². The molecule has 262 valence electrons. The van der Waals surface area contributed by atoms with Crippen LogP contribution in [0.3, 0.4) is 0 Å². The van der Waals surface area contributed by atoms with Crippen molar-refractivity contribution in [1.29, 1.82) is 0 Å². The fourth-order valence-corrected chi connectivity index (χ4v) is 8.14. The molecular weight excluding hydrogens is 516 g/mol. The van der Waals surface area contributed by atoms with Gasteiger partial charge in [0.05, 0.1) is 0 Å². The Balaban J connectivity index is 0. The summed E-state index contributed by atoms with van der Waals surface area (Å²) in [5, 5.41) is 0. The Morgan fingerprint density at radius 3 is 0.907 bits per heavy atom. The summed E-state index contributed by atoms with van der Waals surface area (Å²) in [6.07, 6.45) is 15.7. The quantitative estimate of drug-likeness (QED) is 0.184. The van der Waals surface area contributed by atoms with Crippen molar-refractivity contribution in [3.63, 3.8) is 0 Å². The monoisotopic (exact) mass is 607 g/mol. The van der Waals surface area contributed by atoms with Gasteiger partial charge in [0.15, 0.2) is 0 Å². The first-order chi connectivity index (χ1) is 19.5. The number of hydrogen-bond donors (Lipinski definition) is 0. The molecule has 0 bridgehead atoms. The lowest BCUT2D eigenvalue weighted by molar-refractivity contribution is 0.0424. The zero-order valence-corrected chi connectivity index (χ0v) is 34.4. The molecule has 0 N–H and O–H groups in total. The fraction of sp³-hybridized carbons (Fsp3) is 1.00. The summed E-state index contributed by atoms with van der Waals surface area (Å²) in [6.45, 7) is 46.9. The van der Waals surface area contributed by atoms with Crippen molar-refractivity contribution in [2.75, 3.05) is 0 Å². The molecule has 0 heteroatoms. The summed E-state index contributed by atoms with van der Waals surface area (Å²) >= 11 is 0. The van der Waals surface area contributed by atoms with E-state index in [9.17, 15) is 0 Å². The maximum atomic E-state index is 2.39. The van der Waals surface area contributed by atoms with Gasteiger partial charge in [0.25, 0.3) is 0 Å². The largest absolute Gasteiger partial charge is 0.0648 e. The van der Waals surface area contributed by atoms with E-state index >= 15 is 0 Å². The molecular formula is C43H90. The van der Waals surface area contributed by atoms with Crippen LogP contribution in [0.25, 0.3) is 0 Å². The van der Waals surface area contributed by atoms with Crippen LogP contribution in [0.4, 0.5) is 0 Å². The molecule has 0 aromatic rings. The molecule has 0 amide bonds. The summed E-state index contributed by atoms with van der Waals surface area (Å²) in [5.41, 5.74) is 2.64. The van der Waals surface area contributed by atoms with E-state index in [-0.39, 0.29) is 0 Å². The first kappa shape index (κ1) is 45.1. The Morgan fingerprint density at radius 2 is 0.814 bits per heavy atom. The number of hydrogen-bond acceptors (Lipinski definition) is 0. The average molecular weight is 607 g/mol. The van der Waals surface area contributed by atoms with E-state index in [1.807, 2.05) is 0 Å². The third-order valence-electron chi connectivity index (χ3n) is 12.3. The van der Waals surface area contributed by atoms with Gasteiger partial charge in [-0.2, -0.15) is 0 Å². The molecule has 0 aliphatic heterocycles. The van der Waals surface area contributed by atoms with Crippen LogP contribution in [0.1, 0.15) is 209 Å². The second kappa shape index (κ2) is 20.3. The zero-order chi connectivity index (χ0) is 34.4. The maximum Gasteiger partial charge on any atom is -0.0272 e. The van der Waals surface area contributed by atoms with Gasteiger partial charge in [-0.3, -0.25) is 0 Å². The second-order valence-corrected chi connectivity index (χ2v) is 19.1. The van der Waals surface area contributed by atoms with Gasteiger partial charge >= 0.3 is 0 Å². The lowest BCUT2D eigenvalue weighted by atomic mass is 9.59.